The van der Waals surface area contributed by atoms with E-state index in [4.69, 9.17) is 5.73 Å². The van der Waals surface area contributed by atoms with Crippen molar-refractivity contribution in [2.75, 3.05) is 18.9 Å². The van der Waals surface area contributed by atoms with Gasteiger partial charge >= 0.3 is 0 Å². The summed E-state index contributed by atoms with van der Waals surface area (Å²) in [5, 5.41) is 2.90. The Morgan fingerprint density at radius 2 is 1.84 bits per heavy atom. The van der Waals surface area contributed by atoms with Gasteiger partial charge in [-0.2, -0.15) is 0 Å². The molecule has 2 rings (SSSR count). The fraction of sp³-hybridized carbons (Fsp3) is 0.579. The molecule has 3 unspecified atom stereocenters. The molecular formula is C19H30ClN3O2. The molecule has 0 saturated heterocycles. The maximum atomic E-state index is 12.4. The molecular weight excluding hydrogens is 338 g/mol. The number of carbonyl (C=O) groups excluding carboxylic acids is 2. The second kappa shape index (κ2) is 9.20. The minimum absolute atomic E-state index is 0. The average molecular weight is 368 g/mol. The van der Waals surface area contributed by atoms with Crippen LogP contribution in [0.1, 0.15) is 44.0 Å². The molecule has 140 valence electrons. The highest BCUT2D eigenvalue weighted by Gasteiger charge is 2.39. The van der Waals surface area contributed by atoms with E-state index in [-0.39, 0.29) is 36.2 Å². The van der Waals surface area contributed by atoms with Gasteiger partial charge in [0.1, 0.15) is 0 Å². The molecule has 5 nitrogen and oxygen atoms in total. The monoisotopic (exact) mass is 367 g/mol. The van der Waals surface area contributed by atoms with Crippen molar-refractivity contribution in [3.63, 3.8) is 0 Å². The van der Waals surface area contributed by atoms with Gasteiger partial charge in [-0.25, -0.2) is 0 Å². The molecule has 1 aromatic rings. The zero-order valence-electron chi connectivity index (χ0n) is 15.5. The summed E-state index contributed by atoms with van der Waals surface area (Å²) < 4.78 is 0. The summed E-state index contributed by atoms with van der Waals surface area (Å²) in [6.07, 6.45) is 1.75. The summed E-state index contributed by atoms with van der Waals surface area (Å²) in [7, 11) is 1.79. The first-order valence-corrected chi connectivity index (χ1v) is 8.71. The standard InChI is InChI=1S/C19H29N3O2.ClH/c1-12(2)17(20)9-10-22(4)19(24)14-5-7-15(8-6-14)21-18(23)16-11-13(16)3;/h5-8,12-13,16-17H,9-11,20H2,1-4H3,(H,21,23);1H. The molecule has 6 heteroatoms. The number of nitrogens with zero attached hydrogens (tertiary/aromatic N) is 1. The van der Waals surface area contributed by atoms with Crippen LogP contribution in [-0.2, 0) is 4.79 Å². The highest BCUT2D eigenvalue weighted by Crippen LogP contribution is 2.38. The summed E-state index contributed by atoms with van der Waals surface area (Å²) >= 11 is 0. The molecule has 0 heterocycles. The Morgan fingerprint density at radius 1 is 1.28 bits per heavy atom. The minimum Gasteiger partial charge on any atom is -0.342 e. The van der Waals surface area contributed by atoms with Crippen molar-refractivity contribution in [1.29, 1.82) is 0 Å². The molecule has 0 radical (unpaired) electrons. The van der Waals surface area contributed by atoms with Crippen LogP contribution < -0.4 is 11.1 Å². The van der Waals surface area contributed by atoms with Crippen LogP contribution in [0.15, 0.2) is 24.3 Å². The van der Waals surface area contributed by atoms with Gasteiger partial charge in [0.15, 0.2) is 0 Å². The third-order valence-corrected chi connectivity index (χ3v) is 4.85. The van der Waals surface area contributed by atoms with Gasteiger partial charge in [-0.15, -0.1) is 12.4 Å². The number of amides is 2. The number of anilines is 1. The molecule has 0 bridgehead atoms. The van der Waals surface area contributed by atoms with E-state index in [0.29, 0.717) is 23.9 Å². The Balaban J connectivity index is 0.00000312. The molecule has 0 aliphatic heterocycles. The van der Waals surface area contributed by atoms with E-state index in [0.717, 1.165) is 18.5 Å². The van der Waals surface area contributed by atoms with E-state index in [1.54, 1.807) is 36.2 Å². The van der Waals surface area contributed by atoms with Crippen LogP contribution in [0.5, 0.6) is 0 Å². The summed E-state index contributed by atoms with van der Waals surface area (Å²) in [5.41, 5.74) is 7.39. The van der Waals surface area contributed by atoms with Crippen LogP contribution >= 0.6 is 12.4 Å². The number of nitrogens with two attached hydrogens (primary N) is 1. The first-order chi connectivity index (χ1) is 11.3. The number of benzene rings is 1. The average Bonchev–Trinajstić information content (AvgIpc) is 3.29. The summed E-state index contributed by atoms with van der Waals surface area (Å²) in [4.78, 5) is 26.0. The van der Waals surface area contributed by atoms with E-state index in [2.05, 4.69) is 26.1 Å². The maximum absolute atomic E-state index is 12.4. The first kappa shape index (κ1) is 21.5. The largest absolute Gasteiger partial charge is 0.342 e. The van der Waals surface area contributed by atoms with Gasteiger partial charge in [0, 0.05) is 36.8 Å². The van der Waals surface area contributed by atoms with E-state index in [1.165, 1.54) is 0 Å². The lowest BCUT2D eigenvalue weighted by atomic mass is 10.0. The Morgan fingerprint density at radius 3 is 2.32 bits per heavy atom. The van der Waals surface area contributed by atoms with E-state index >= 15 is 0 Å². The Kier molecular flexibility index (Phi) is 7.90. The van der Waals surface area contributed by atoms with Crippen molar-refractivity contribution in [2.45, 2.75) is 39.7 Å². The van der Waals surface area contributed by atoms with Crippen molar-refractivity contribution < 1.29 is 9.59 Å². The quantitative estimate of drug-likeness (QED) is 0.777. The molecule has 0 aromatic heterocycles. The van der Waals surface area contributed by atoms with Crippen LogP contribution in [0.25, 0.3) is 0 Å². The lowest BCUT2D eigenvalue weighted by Gasteiger charge is -2.21. The molecule has 25 heavy (non-hydrogen) atoms. The normalized spacial score (nSPS) is 19.8. The lowest BCUT2D eigenvalue weighted by molar-refractivity contribution is -0.117. The smallest absolute Gasteiger partial charge is 0.253 e. The number of halogens is 1. The van der Waals surface area contributed by atoms with E-state index in [1.807, 2.05) is 0 Å². The Bertz CT molecular complexity index is 589. The molecule has 1 aliphatic carbocycles. The second-order valence-corrected chi connectivity index (χ2v) is 7.31. The van der Waals surface area contributed by atoms with Crippen molar-refractivity contribution in [3.05, 3.63) is 29.8 Å². The molecule has 2 amide bonds. The predicted molar refractivity (Wildman–Crippen MR) is 104 cm³/mol. The number of carbonyl (C=O) groups is 2. The number of hydrogen-bond donors (Lipinski definition) is 2. The van der Waals surface area contributed by atoms with E-state index in [9.17, 15) is 9.59 Å². The highest BCUT2D eigenvalue weighted by molar-refractivity contribution is 5.96. The van der Waals surface area contributed by atoms with Crippen LogP contribution in [0, 0.1) is 17.8 Å². The molecule has 3 N–H and O–H groups in total. The lowest BCUT2D eigenvalue weighted by Crippen LogP contribution is -2.34. The molecule has 1 fully saturated rings. The van der Waals surface area contributed by atoms with Crippen molar-refractivity contribution in [1.82, 2.24) is 4.90 Å². The molecule has 0 spiro atoms. The zero-order chi connectivity index (χ0) is 17.9. The molecule has 1 aliphatic rings. The SMILES string of the molecule is CC(C)C(N)CCN(C)C(=O)c1ccc(NC(=O)C2CC2C)cc1.Cl. The fourth-order valence-electron chi connectivity index (χ4n) is 2.62. The summed E-state index contributed by atoms with van der Waals surface area (Å²) in [6, 6.07) is 7.18. The maximum Gasteiger partial charge on any atom is 0.253 e. The van der Waals surface area contributed by atoms with Gasteiger partial charge in [-0.3, -0.25) is 9.59 Å². The van der Waals surface area contributed by atoms with Crippen molar-refractivity contribution in [3.8, 4) is 0 Å². The fourth-order valence-corrected chi connectivity index (χ4v) is 2.62. The molecule has 1 aromatic carbocycles. The number of nitrogens with one attached hydrogen (secondary N) is 1. The number of hydrogen-bond acceptors (Lipinski definition) is 3. The van der Waals surface area contributed by atoms with Crippen LogP contribution in [0.4, 0.5) is 5.69 Å². The second-order valence-electron chi connectivity index (χ2n) is 7.31. The highest BCUT2D eigenvalue weighted by atomic mass is 35.5. The summed E-state index contributed by atoms with van der Waals surface area (Å²) in [6.45, 7) is 6.88. The van der Waals surface area contributed by atoms with Crippen LogP contribution in [0.2, 0.25) is 0 Å². The van der Waals surface area contributed by atoms with E-state index < -0.39 is 0 Å². The van der Waals surface area contributed by atoms with Gasteiger partial charge in [-0.1, -0.05) is 20.8 Å². The minimum atomic E-state index is -0.0281. The zero-order valence-corrected chi connectivity index (χ0v) is 16.3. The van der Waals surface area contributed by atoms with Crippen molar-refractivity contribution >= 4 is 29.9 Å². The van der Waals surface area contributed by atoms with Crippen LogP contribution in [-0.4, -0.2) is 36.3 Å². The summed E-state index contributed by atoms with van der Waals surface area (Å²) in [5.74, 6) is 1.07. The van der Waals surface area contributed by atoms with Gasteiger partial charge in [0.25, 0.3) is 5.91 Å². The Labute approximate surface area is 156 Å². The van der Waals surface area contributed by atoms with Gasteiger partial charge in [0.2, 0.25) is 5.91 Å². The third kappa shape index (κ3) is 6.01. The number of rotatable bonds is 7. The Hall–Kier alpha value is -1.59. The first-order valence-electron chi connectivity index (χ1n) is 8.71. The molecule has 3 atom stereocenters. The van der Waals surface area contributed by atoms with Crippen LogP contribution in [0.3, 0.4) is 0 Å². The molecule has 1 saturated carbocycles. The van der Waals surface area contributed by atoms with Gasteiger partial charge < -0.3 is 16.0 Å². The van der Waals surface area contributed by atoms with Gasteiger partial charge in [-0.05, 0) is 48.9 Å². The van der Waals surface area contributed by atoms with Crippen molar-refractivity contribution in [2.24, 2.45) is 23.5 Å². The topological polar surface area (TPSA) is 75.4 Å². The van der Waals surface area contributed by atoms with Gasteiger partial charge in [0.05, 0.1) is 0 Å². The third-order valence-electron chi connectivity index (χ3n) is 4.85. The predicted octanol–water partition coefficient (Wildman–Crippen LogP) is 3.15.